The molecule has 0 bridgehead atoms. The van der Waals surface area contributed by atoms with Gasteiger partial charge in [0.05, 0.1) is 13.2 Å². The third-order valence-corrected chi connectivity index (χ3v) is 4.27. The molecule has 4 heterocycles. The summed E-state index contributed by atoms with van der Waals surface area (Å²) in [6, 6.07) is 1.88. The molecule has 0 spiro atoms. The van der Waals surface area contributed by atoms with Crippen LogP contribution in [0, 0.1) is 0 Å². The Morgan fingerprint density at radius 2 is 2.09 bits per heavy atom. The van der Waals surface area contributed by atoms with Crippen molar-refractivity contribution in [3.05, 3.63) is 42.5 Å². The summed E-state index contributed by atoms with van der Waals surface area (Å²) in [5.74, 6) is 0. The molecule has 7 nitrogen and oxygen atoms in total. The number of fused-ring (bicyclic) bond motifs is 1. The highest BCUT2D eigenvalue weighted by Crippen LogP contribution is 2.33. The fourth-order valence-corrected chi connectivity index (χ4v) is 3.06. The highest BCUT2D eigenvalue weighted by Gasteiger charge is 2.41. The van der Waals surface area contributed by atoms with Crippen molar-refractivity contribution in [2.45, 2.75) is 11.8 Å². The summed E-state index contributed by atoms with van der Waals surface area (Å²) in [6.07, 6.45) is 9.70. The van der Waals surface area contributed by atoms with E-state index in [1.807, 2.05) is 6.07 Å². The normalized spacial score (nSPS) is 28.3. The molecule has 118 valence electrons. The summed E-state index contributed by atoms with van der Waals surface area (Å²) in [6.45, 7) is 2.77. The van der Waals surface area contributed by atoms with E-state index in [-0.39, 0.29) is 6.17 Å². The van der Waals surface area contributed by atoms with E-state index < -0.39 is 5.60 Å². The maximum Gasteiger partial charge on any atom is 0.162 e. The largest absolute Gasteiger partial charge is 0.379 e. The minimum absolute atomic E-state index is 0.389. The lowest BCUT2D eigenvalue weighted by Crippen LogP contribution is -2.53. The van der Waals surface area contributed by atoms with Gasteiger partial charge in [0, 0.05) is 42.6 Å². The second-order valence-electron chi connectivity index (χ2n) is 5.66. The second-order valence-corrected chi connectivity index (χ2v) is 5.66. The van der Waals surface area contributed by atoms with Gasteiger partial charge in [-0.05, 0) is 18.2 Å². The smallest absolute Gasteiger partial charge is 0.162 e. The van der Waals surface area contributed by atoms with Crippen LogP contribution >= 0.6 is 0 Å². The number of aliphatic imine (C=N–C) groups is 1. The van der Waals surface area contributed by atoms with E-state index >= 15 is 0 Å². The Hall–Kier alpha value is -2.22. The monoisotopic (exact) mass is 311 g/mol. The van der Waals surface area contributed by atoms with Gasteiger partial charge in [-0.1, -0.05) is 0 Å². The van der Waals surface area contributed by atoms with Crippen LogP contribution in [-0.2, 0) is 10.3 Å². The van der Waals surface area contributed by atoms with Crippen LogP contribution in [0.2, 0.25) is 0 Å². The van der Waals surface area contributed by atoms with Crippen molar-refractivity contribution in [3.63, 3.8) is 0 Å². The molecule has 1 fully saturated rings. The first kappa shape index (κ1) is 14.4. The van der Waals surface area contributed by atoms with Crippen LogP contribution in [0.25, 0.3) is 11.0 Å². The Balaban J connectivity index is 1.75. The summed E-state index contributed by atoms with van der Waals surface area (Å²) in [5.41, 5.74) is 0.0614. The van der Waals surface area contributed by atoms with E-state index in [2.05, 4.69) is 24.8 Å². The van der Waals surface area contributed by atoms with E-state index in [1.54, 1.807) is 30.8 Å². The first-order valence-corrected chi connectivity index (χ1v) is 7.59. The number of pyridine rings is 1. The molecule has 1 saturated heterocycles. The molecule has 0 aromatic carbocycles. The van der Waals surface area contributed by atoms with Gasteiger partial charge in [0.25, 0.3) is 0 Å². The molecule has 0 radical (unpaired) electrons. The predicted molar refractivity (Wildman–Crippen MR) is 85.0 cm³/mol. The SMILES string of the molecule is OC1(c2cnc3ncncc3c2)C=CC=NC1N1CCOCC1. The summed E-state index contributed by atoms with van der Waals surface area (Å²) in [5, 5.41) is 12.1. The van der Waals surface area contributed by atoms with Crippen LogP contribution < -0.4 is 0 Å². The number of nitrogens with zero attached hydrogens (tertiary/aromatic N) is 5. The maximum absolute atomic E-state index is 11.4. The zero-order valence-corrected chi connectivity index (χ0v) is 12.5. The molecule has 2 aliphatic rings. The number of morpholine rings is 1. The summed E-state index contributed by atoms with van der Waals surface area (Å²) in [7, 11) is 0. The van der Waals surface area contributed by atoms with E-state index in [9.17, 15) is 5.11 Å². The molecule has 2 aromatic rings. The Kier molecular flexibility index (Phi) is 3.60. The van der Waals surface area contributed by atoms with Crippen LogP contribution in [0.4, 0.5) is 0 Å². The number of rotatable bonds is 2. The van der Waals surface area contributed by atoms with Gasteiger partial charge in [-0.25, -0.2) is 15.0 Å². The van der Waals surface area contributed by atoms with E-state index in [0.717, 1.165) is 18.5 Å². The molecule has 2 atom stereocenters. The first-order valence-electron chi connectivity index (χ1n) is 7.59. The topological polar surface area (TPSA) is 83.7 Å². The molecule has 0 saturated carbocycles. The standard InChI is InChI=1S/C16H17N5O2/c22-16(13-8-12-9-17-11-20-14(12)19-10-13)2-1-3-18-15(16)21-4-6-23-7-5-21/h1-3,8-11,15,22H,4-7H2. The zero-order valence-electron chi connectivity index (χ0n) is 12.5. The lowest BCUT2D eigenvalue weighted by atomic mass is 9.88. The molecule has 0 aliphatic carbocycles. The van der Waals surface area contributed by atoms with Crippen molar-refractivity contribution >= 4 is 17.2 Å². The molecule has 2 aromatic heterocycles. The van der Waals surface area contributed by atoms with Gasteiger partial charge in [0.1, 0.15) is 18.1 Å². The Bertz CT molecular complexity index is 772. The molecule has 7 heteroatoms. The molecule has 1 N–H and O–H groups in total. The van der Waals surface area contributed by atoms with Gasteiger partial charge in [-0.2, -0.15) is 0 Å². The number of allylic oxidation sites excluding steroid dienone is 1. The van der Waals surface area contributed by atoms with Crippen molar-refractivity contribution < 1.29 is 9.84 Å². The van der Waals surface area contributed by atoms with E-state index in [1.165, 1.54) is 6.33 Å². The average Bonchev–Trinajstić information content (AvgIpc) is 2.62. The number of hydrogen-bond acceptors (Lipinski definition) is 7. The summed E-state index contributed by atoms with van der Waals surface area (Å²) in [4.78, 5) is 19.1. The van der Waals surface area contributed by atoms with Crippen molar-refractivity contribution in [3.8, 4) is 0 Å². The van der Waals surface area contributed by atoms with Crippen LogP contribution in [-0.4, -0.2) is 63.6 Å². The van der Waals surface area contributed by atoms with Gasteiger partial charge < -0.3 is 9.84 Å². The third kappa shape index (κ3) is 2.52. The number of aromatic nitrogens is 3. The van der Waals surface area contributed by atoms with Crippen LogP contribution in [0.5, 0.6) is 0 Å². The van der Waals surface area contributed by atoms with Crippen LogP contribution in [0.1, 0.15) is 5.56 Å². The molecule has 23 heavy (non-hydrogen) atoms. The van der Waals surface area contributed by atoms with Gasteiger partial charge in [0.2, 0.25) is 0 Å². The van der Waals surface area contributed by atoms with Crippen molar-refractivity contribution in [1.82, 2.24) is 19.9 Å². The van der Waals surface area contributed by atoms with Gasteiger partial charge >= 0.3 is 0 Å². The lowest BCUT2D eigenvalue weighted by molar-refractivity contribution is -0.0536. The van der Waals surface area contributed by atoms with Crippen LogP contribution in [0.3, 0.4) is 0 Å². The quantitative estimate of drug-likeness (QED) is 0.870. The fourth-order valence-electron chi connectivity index (χ4n) is 3.06. The summed E-state index contributed by atoms with van der Waals surface area (Å²) < 4.78 is 5.40. The van der Waals surface area contributed by atoms with Crippen LogP contribution in [0.15, 0.2) is 41.9 Å². The summed E-state index contributed by atoms with van der Waals surface area (Å²) >= 11 is 0. The fraction of sp³-hybridized carbons (Fsp3) is 0.375. The number of dihydropyridines is 1. The first-order chi connectivity index (χ1) is 11.3. The Morgan fingerprint density at radius 3 is 2.96 bits per heavy atom. The van der Waals surface area contributed by atoms with Crippen molar-refractivity contribution in [2.24, 2.45) is 4.99 Å². The minimum atomic E-state index is -1.23. The van der Waals surface area contributed by atoms with Gasteiger partial charge in [-0.3, -0.25) is 9.89 Å². The van der Waals surface area contributed by atoms with Gasteiger partial charge in [-0.15, -0.1) is 0 Å². The number of hydrogen-bond donors (Lipinski definition) is 1. The molecular weight excluding hydrogens is 294 g/mol. The predicted octanol–water partition coefficient (Wildman–Crippen LogP) is 0.511. The molecule has 2 unspecified atom stereocenters. The highest BCUT2D eigenvalue weighted by molar-refractivity contribution is 5.76. The average molecular weight is 311 g/mol. The van der Waals surface area contributed by atoms with Crippen molar-refractivity contribution in [2.75, 3.05) is 26.3 Å². The Labute approximate surface area is 133 Å². The lowest BCUT2D eigenvalue weighted by Gasteiger charge is -2.41. The molecule has 0 amide bonds. The Morgan fingerprint density at radius 1 is 1.22 bits per heavy atom. The molecule has 4 rings (SSSR count). The highest BCUT2D eigenvalue weighted by atomic mass is 16.5. The van der Waals surface area contributed by atoms with E-state index in [0.29, 0.717) is 24.4 Å². The molecule has 2 aliphatic heterocycles. The third-order valence-electron chi connectivity index (χ3n) is 4.27. The number of ether oxygens (including phenoxy) is 1. The number of aliphatic hydroxyl groups is 1. The maximum atomic E-state index is 11.4. The second kappa shape index (κ2) is 5.77. The van der Waals surface area contributed by atoms with Gasteiger partial charge in [0.15, 0.2) is 5.65 Å². The minimum Gasteiger partial charge on any atom is -0.379 e. The molecular formula is C16H17N5O2. The van der Waals surface area contributed by atoms with Crippen molar-refractivity contribution in [1.29, 1.82) is 0 Å². The van der Waals surface area contributed by atoms with E-state index in [4.69, 9.17) is 4.74 Å². The zero-order chi connectivity index (χ0) is 15.7.